The molecule has 0 saturated heterocycles. The van der Waals surface area contributed by atoms with E-state index in [4.69, 9.17) is 0 Å². The second kappa shape index (κ2) is 5.19. The van der Waals surface area contributed by atoms with Crippen LogP contribution in [0.3, 0.4) is 0 Å². The molecule has 1 aromatic rings. The van der Waals surface area contributed by atoms with Crippen molar-refractivity contribution in [1.29, 1.82) is 0 Å². The first kappa shape index (κ1) is 12.6. The van der Waals surface area contributed by atoms with Gasteiger partial charge in [-0.3, -0.25) is 0 Å². The minimum absolute atomic E-state index is 0.0337. The quantitative estimate of drug-likeness (QED) is 0.863. The molecule has 0 unspecified atom stereocenters. The Labute approximate surface area is 104 Å². The molecule has 1 fully saturated rings. The van der Waals surface area contributed by atoms with Gasteiger partial charge in [0.15, 0.2) is 0 Å². The highest BCUT2D eigenvalue weighted by atomic mass is 16.3. The second-order valence-electron chi connectivity index (χ2n) is 5.56. The number of rotatable bonds is 4. The molecule has 1 aromatic carbocycles. The van der Waals surface area contributed by atoms with Crippen LogP contribution in [0.1, 0.15) is 29.5 Å². The molecule has 1 aliphatic carbocycles. The van der Waals surface area contributed by atoms with E-state index in [0.29, 0.717) is 5.92 Å². The van der Waals surface area contributed by atoms with Crippen molar-refractivity contribution in [1.82, 2.24) is 4.90 Å². The number of aryl methyl sites for hydroxylation is 2. The van der Waals surface area contributed by atoms with Crippen molar-refractivity contribution in [3.63, 3.8) is 0 Å². The second-order valence-corrected chi connectivity index (χ2v) is 5.56. The number of nitrogens with zero attached hydrogens (tertiary/aromatic N) is 1. The summed E-state index contributed by atoms with van der Waals surface area (Å²) < 4.78 is 0. The Bertz CT molecular complexity index is 362. The molecule has 94 valence electrons. The minimum Gasteiger partial charge on any atom is -0.393 e. The fraction of sp³-hybridized carbons (Fsp3) is 0.600. The number of aliphatic hydroxyl groups excluding tert-OH is 1. The van der Waals surface area contributed by atoms with Crippen LogP contribution < -0.4 is 0 Å². The lowest BCUT2D eigenvalue weighted by molar-refractivity contribution is 0.0273. The Morgan fingerprint density at radius 1 is 1.24 bits per heavy atom. The van der Waals surface area contributed by atoms with E-state index < -0.39 is 0 Å². The van der Waals surface area contributed by atoms with Crippen LogP contribution in [0.15, 0.2) is 18.2 Å². The topological polar surface area (TPSA) is 23.5 Å². The summed E-state index contributed by atoms with van der Waals surface area (Å²) in [5, 5.41) is 9.29. The van der Waals surface area contributed by atoms with Crippen LogP contribution in [0.25, 0.3) is 0 Å². The third kappa shape index (κ3) is 3.08. The molecule has 17 heavy (non-hydrogen) atoms. The zero-order chi connectivity index (χ0) is 12.4. The molecule has 0 bridgehead atoms. The summed E-state index contributed by atoms with van der Waals surface area (Å²) in [6, 6.07) is 6.49. The van der Waals surface area contributed by atoms with Gasteiger partial charge in [-0.1, -0.05) is 18.2 Å². The van der Waals surface area contributed by atoms with Crippen molar-refractivity contribution in [2.45, 2.75) is 39.3 Å². The van der Waals surface area contributed by atoms with Crippen LogP contribution in [-0.4, -0.2) is 29.7 Å². The summed E-state index contributed by atoms with van der Waals surface area (Å²) >= 11 is 0. The maximum atomic E-state index is 9.29. The zero-order valence-corrected chi connectivity index (χ0v) is 11.1. The third-order valence-corrected chi connectivity index (χ3v) is 3.85. The summed E-state index contributed by atoms with van der Waals surface area (Å²) in [5.74, 6) is 0.694. The molecule has 2 nitrogen and oxygen atoms in total. The number of hydrogen-bond acceptors (Lipinski definition) is 2. The van der Waals surface area contributed by atoms with Crippen LogP contribution in [0, 0.1) is 19.8 Å². The fourth-order valence-corrected chi connectivity index (χ4v) is 2.72. The van der Waals surface area contributed by atoms with E-state index in [1.165, 1.54) is 16.7 Å². The molecule has 0 atom stereocenters. The molecular weight excluding hydrogens is 210 g/mol. The van der Waals surface area contributed by atoms with Gasteiger partial charge in [-0.05, 0) is 56.3 Å². The van der Waals surface area contributed by atoms with Crippen LogP contribution in [0.5, 0.6) is 0 Å². The van der Waals surface area contributed by atoms with Crippen molar-refractivity contribution in [3.05, 3.63) is 34.9 Å². The van der Waals surface area contributed by atoms with Crippen LogP contribution in [-0.2, 0) is 6.54 Å². The molecule has 0 aromatic heterocycles. The van der Waals surface area contributed by atoms with E-state index >= 15 is 0 Å². The van der Waals surface area contributed by atoms with Crippen molar-refractivity contribution in [2.75, 3.05) is 13.6 Å². The molecule has 1 saturated carbocycles. The summed E-state index contributed by atoms with van der Waals surface area (Å²) in [4.78, 5) is 2.38. The SMILES string of the molecule is Cc1cccc(C)c1CN(C)CC1CC(O)C1. The van der Waals surface area contributed by atoms with Crippen LogP contribution in [0.4, 0.5) is 0 Å². The maximum absolute atomic E-state index is 9.29. The first-order valence-electron chi connectivity index (χ1n) is 6.48. The molecule has 1 N–H and O–H groups in total. The lowest BCUT2D eigenvalue weighted by Gasteiger charge is -2.34. The molecule has 0 radical (unpaired) electrons. The van der Waals surface area contributed by atoms with Crippen molar-refractivity contribution >= 4 is 0 Å². The van der Waals surface area contributed by atoms with Crippen LogP contribution in [0.2, 0.25) is 0 Å². The van der Waals surface area contributed by atoms with Gasteiger partial charge in [0.25, 0.3) is 0 Å². The first-order chi connectivity index (χ1) is 8.06. The Kier molecular flexibility index (Phi) is 3.85. The third-order valence-electron chi connectivity index (χ3n) is 3.85. The predicted octanol–water partition coefficient (Wildman–Crippen LogP) is 2.51. The van der Waals surface area contributed by atoms with Gasteiger partial charge < -0.3 is 10.0 Å². The number of aliphatic hydroxyl groups is 1. The number of benzene rings is 1. The Balaban J connectivity index is 1.91. The Hall–Kier alpha value is -0.860. The van der Waals surface area contributed by atoms with Gasteiger partial charge in [0.1, 0.15) is 0 Å². The van der Waals surface area contributed by atoms with Gasteiger partial charge in [-0.25, -0.2) is 0 Å². The summed E-state index contributed by atoms with van der Waals surface area (Å²) in [7, 11) is 2.18. The van der Waals surface area contributed by atoms with Gasteiger partial charge in [0.05, 0.1) is 6.10 Å². The van der Waals surface area contributed by atoms with Crippen LogP contribution >= 0.6 is 0 Å². The van der Waals surface area contributed by atoms with E-state index in [9.17, 15) is 5.11 Å². The lowest BCUT2D eigenvalue weighted by Crippen LogP contribution is -2.37. The summed E-state index contributed by atoms with van der Waals surface area (Å²) in [5.41, 5.74) is 4.21. The fourth-order valence-electron chi connectivity index (χ4n) is 2.72. The average molecular weight is 233 g/mol. The van der Waals surface area contributed by atoms with Crippen molar-refractivity contribution in [2.24, 2.45) is 5.92 Å². The van der Waals surface area contributed by atoms with E-state index in [-0.39, 0.29) is 6.10 Å². The highest BCUT2D eigenvalue weighted by Crippen LogP contribution is 2.28. The van der Waals surface area contributed by atoms with E-state index in [0.717, 1.165) is 25.9 Å². The maximum Gasteiger partial charge on any atom is 0.0546 e. The Morgan fingerprint density at radius 3 is 2.35 bits per heavy atom. The monoisotopic (exact) mass is 233 g/mol. The summed E-state index contributed by atoms with van der Waals surface area (Å²) in [6.45, 7) is 6.49. The number of hydrogen-bond donors (Lipinski definition) is 1. The van der Waals surface area contributed by atoms with E-state index in [1.807, 2.05) is 0 Å². The van der Waals surface area contributed by atoms with Gasteiger partial charge in [-0.15, -0.1) is 0 Å². The van der Waals surface area contributed by atoms with E-state index in [2.05, 4.69) is 44.0 Å². The Morgan fingerprint density at radius 2 is 1.82 bits per heavy atom. The summed E-state index contributed by atoms with van der Waals surface area (Å²) in [6.07, 6.45) is 1.93. The standard InChI is InChI=1S/C15H23NO/c1-11-5-4-6-12(2)15(11)10-16(3)9-13-7-14(17)8-13/h4-6,13-14,17H,7-10H2,1-3H3. The highest BCUT2D eigenvalue weighted by molar-refractivity contribution is 5.33. The largest absolute Gasteiger partial charge is 0.393 e. The smallest absolute Gasteiger partial charge is 0.0546 e. The normalized spacial score (nSPS) is 23.8. The van der Waals surface area contributed by atoms with E-state index in [1.54, 1.807) is 0 Å². The van der Waals surface area contributed by atoms with Gasteiger partial charge >= 0.3 is 0 Å². The molecule has 0 heterocycles. The van der Waals surface area contributed by atoms with Gasteiger partial charge in [0, 0.05) is 13.1 Å². The molecule has 0 spiro atoms. The average Bonchev–Trinajstić information content (AvgIpc) is 2.21. The first-order valence-corrected chi connectivity index (χ1v) is 6.48. The van der Waals surface area contributed by atoms with Crippen molar-refractivity contribution < 1.29 is 5.11 Å². The molecule has 1 aliphatic rings. The lowest BCUT2D eigenvalue weighted by atomic mass is 9.82. The molecule has 0 aliphatic heterocycles. The molecule has 0 amide bonds. The van der Waals surface area contributed by atoms with Crippen molar-refractivity contribution in [3.8, 4) is 0 Å². The molecule has 2 rings (SSSR count). The predicted molar refractivity (Wildman–Crippen MR) is 71.0 cm³/mol. The zero-order valence-electron chi connectivity index (χ0n) is 11.1. The highest BCUT2D eigenvalue weighted by Gasteiger charge is 2.27. The van der Waals surface area contributed by atoms with Gasteiger partial charge in [0.2, 0.25) is 0 Å². The minimum atomic E-state index is -0.0337. The molecule has 2 heteroatoms. The molecular formula is C15H23NO. The van der Waals surface area contributed by atoms with Gasteiger partial charge in [-0.2, -0.15) is 0 Å².